The molecule has 1 aromatic rings. The Labute approximate surface area is 90.3 Å². The van der Waals surface area contributed by atoms with Crippen LogP contribution < -0.4 is 5.73 Å². The fraction of sp³-hybridized carbons (Fsp3) is 0.667. The molecule has 78 valence electrons. The Morgan fingerprint density at radius 1 is 1.43 bits per heavy atom. The van der Waals surface area contributed by atoms with Gasteiger partial charge in [-0.3, -0.25) is 0 Å². The Kier molecular flexibility index (Phi) is 3.24. The molecular formula is C12H19NS. The van der Waals surface area contributed by atoms with E-state index < -0.39 is 0 Å². The molecule has 1 atom stereocenters. The average molecular weight is 209 g/mol. The zero-order valence-electron chi connectivity index (χ0n) is 8.88. The van der Waals surface area contributed by atoms with Gasteiger partial charge in [-0.05, 0) is 61.1 Å². The van der Waals surface area contributed by atoms with E-state index in [2.05, 4.69) is 12.3 Å². The molecule has 1 heterocycles. The summed E-state index contributed by atoms with van der Waals surface area (Å²) in [6.07, 6.45) is 6.52. The van der Waals surface area contributed by atoms with Gasteiger partial charge in [0.25, 0.3) is 0 Å². The van der Waals surface area contributed by atoms with Crippen LogP contribution in [0.15, 0.2) is 5.38 Å². The monoisotopic (exact) mass is 209 g/mol. The van der Waals surface area contributed by atoms with Gasteiger partial charge < -0.3 is 5.73 Å². The van der Waals surface area contributed by atoms with Crippen LogP contribution in [0.4, 0.5) is 0 Å². The number of rotatable bonds is 3. The highest BCUT2D eigenvalue weighted by atomic mass is 32.1. The van der Waals surface area contributed by atoms with Crippen LogP contribution in [0.25, 0.3) is 0 Å². The first kappa shape index (κ1) is 10.2. The van der Waals surface area contributed by atoms with E-state index in [4.69, 9.17) is 5.73 Å². The summed E-state index contributed by atoms with van der Waals surface area (Å²) in [5, 5.41) is 2.37. The summed E-state index contributed by atoms with van der Waals surface area (Å²) >= 11 is 1.97. The Morgan fingerprint density at radius 3 is 3.00 bits per heavy atom. The number of fused-ring (bicyclic) bond motifs is 1. The maximum Gasteiger partial charge on any atom is 0.00801 e. The van der Waals surface area contributed by atoms with Crippen LogP contribution >= 0.6 is 11.3 Å². The van der Waals surface area contributed by atoms with E-state index >= 15 is 0 Å². The number of thiophene rings is 1. The Balaban J connectivity index is 2.21. The Morgan fingerprint density at radius 2 is 2.21 bits per heavy atom. The van der Waals surface area contributed by atoms with Crippen molar-refractivity contribution in [1.82, 2.24) is 0 Å². The molecule has 1 unspecified atom stereocenters. The molecule has 0 radical (unpaired) electrons. The molecule has 0 saturated heterocycles. The predicted molar refractivity (Wildman–Crippen MR) is 63.0 cm³/mol. The lowest BCUT2D eigenvalue weighted by molar-refractivity contribution is 0.653. The zero-order valence-corrected chi connectivity index (χ0v) is 9.70. The van der Waals surface area contributed by atoms with Crippen LogP contribution in [0.5, 0.6) is 0 Å². The molecule has 0 saturated carbocycles. The highest BCUT2D eigenvalue weighted by molar-refractivity contribution is 7.10. The lowest BCUT2D eigenvalue weighted by Gasteiger charge is -2.16. The van der Waals surface area contributed by atoms with E-state index in [1.165, 1.54) is 25.7 Å². The third-order valence-electron chi connectivity index (χ3n) is 3.22. The first-order valence-corrected chi connectivity index (χ1v) is 6.50. The molecule has 0 aliphatic heterocycles. The molecule has 0 bridgehead atoms. The van der Waals surface area contributed by atoms with Gasteiger partial charge >= 0.3 is 0 Å². The molecule has 2 N–H and O–H groups in total. The van der Waals surface area contributed by atoms with Gasteiger partial charge in [0.15, 0.2) is 0 Å². The van der Waals surface area contributed by atoms with E-state index in [9.17, 15) is 0 Å². The summed E-state index contributed by atoms with van der Waals surface area (Å²) in [6.45, 7) is 3.12. The first-order valence-electron chi connectivity index (χ1n) is 5.62. The van der Waals surface area contributed by atoms with Crippen LogP contribution in [0.2, 0.25) is 0 Å². The van der Waals surface area contributed by atoms with Crippen molar-refractivity contribution in [1.29, 1.82) is 0 Å². The smallest absolute Gasteiger partial charge is 0.00801 e. The molecule has 0 fully saturated rings. The summed E-state index contributed by atoms with van der Waals surface area (Å²) in [7, 11) is 0. The van der Waals surface area contributed by atoms with Gasteiger partial charge in [0.2, 0.25) is 0 Å². The van der Waals surface area contributed by atoms with Crippen molar-refractivity contribution in [3.63, 3.8) is 0 Å². The second kappa shape index (κ2) is 4.45. The Bertz CT molecular complexity index is 303. The fourth-order valence-corrected chi connectivity index (χ4v) is 3.61. The second-order valence-electron chi connectivity index (χ2n) is 4.28. The standard InChI is InChI=1S/C12H19NS/c1-9(6-7-13)11-8-14-12-5-3-2-4-10(11)12/h8-9H,2-7,13H2,1H3. The van der Waals surface area contributed by atoms with Crippen molar-refractivity contribution >= 4 is 11.3 Å². The molecule has 0 spiro atoms. The van der Waals surface area contributed by atoms with Crippen LogP contribution in [0.3, 0.4) is 0 Å². The quantitative estimate of drug-likeness (QED) is 0.813. The van der Waals surface area contributed by atoms with Gasteiger partial charge in [-0.25, -0.2) is 0 Å². The van der Waals surface area contributed by atoms with Crippen LogP contribution in [0, 0.1) is 0 Å². The van der Waals surface area contributed by atoms with Crippen molar-refractivity contribution in [2.24, 2.45) is 5.73 Å². The van der Waals surface area contributed by atoms with Gasteiger partial charge in [0.1, 0.15) is 0 Å². The second-order valence-corrected chi connectivity index (χ2v) is 5.24. The van der Waals surface area contributed by atoms with Crippen molar-refractivity contribution in [3.8, 4) is 0 Å². The average Bonchev–Trinajstić information content (AvgIpc) is 2.61. The van der Waals surface area contributed by atoms with E-state index in [1.807, 2.05) is 11.3 Å². The lowest BCUT2D eigenvalue weighted by atomic mass is 9.89. The van der Waals surface area contributed by atoms with Crippen molar-refractivity contribution < 1.29 is 0 Å². The maximum absolute atomic E-state index is 5.61. The van der Waals surface area contributed by atoms with Crippen molar-refractivity contribution in [2.45, 2.75) is 44.9 Å². The third-order valence-corrected chi connectivity index (χ3v) is 4.33. The highest BCUT2D eigenvalue weighted by Crippen LogP contribution is 2.35. The number of nitrogens with two attached hydrogens (primary N) is 1. The lowest BCUT2D eigenvalue weighted by Crippen LogP contribution is -2.07. The number of hydrogen-bond acceptors (Lipinski definition) is 2. The zero-order chi connectivity index (χ0) is 9.97. The van der Waals surface area contributed by atoms with E-state index in [0.717, 1.165) is 13.0 Å². The van der Waals surface area contributed by atoms with Crippen molar-refractivity contribution in [3.05, 3.63) is 21.4 Å². The molecule has 14 heavy (non-hydrogen) atoms. The molecule has 0 amide bonds. The van der Waals surface area contributed by atoms with Gasteiger partial charge in [0, 0.05) is 4.88 Å². The molecule has 1 aromatic heterocycles. The molecule has 1 nitrogen and oxygen atoms in total. The molecular weight excluding hydrogens is 190 g/mol. The number of hydrogen-bond donors (Lipinski definition) is 1. The molecule has 1 aliphatic rings. The van der Waals surface area contributed by atoms with Gasteiger partial charge in [-0.1, -0.05) is 6.92 Å². The predicted octanol–water partition coefficient (Wildman–Crippen LogP) is 3.08. The van der Waals surface area contributed by atoms with Gasteiger partial charge in [-0.15, -0.1) is 11.3 Å². The van der Waals surface area contributed by atoms with Gasteiger partial charge in [0.05, 0.1) is 0 Å². The summed E-state index contributed by atoms with van der Waals surface area (Å²) < 4.78 is 0. The normalized spacial score (nSPS) is 17.9. The van der Waals surface area contributed by atoms with Crippen molar-refractivity contribution in [2.75, 3.05) is 6.54 Å². The number of aryl methyl sites for hydroxylation is 1. The molecule has 1 aliphatic carbocycles. The summed E-state index contributed by atoms with van der Waals surface area (Å²) in [4.78, 5) is 1.65. The van der Waals surface area contributed by atoms with Crippen LogP contribution in [-0.2, 0) is 12.8 Å². The molecule has 2 heteroatoms. The topological polar surface area (TPSA) is 26.0 Å². The summed E-state index contributed by atoms with van der Waals surface area (Å²) in [5.41, 5.74) is 8.88. The first-order chi connectivity index (χ1) is 6.83. The minimum Gasteiger partial charge on any atom is -0.330 e. The van der Waals surface area contributed by atoms with Gasteiger partial charge in [-0.2, -0.15) is 0 Å². The highest BCUT2D eigenvalue weighted by Gasteiger charge is 2.18. The van der Waals surface area contributed by atoms with Crippen LogP contribution in [-0.4, -0.2) is 6.54 Å². The minimum atomic E-state index is 0.665. The molecule has 0 aromatic carbocycles. The Hall–Kier alpha value is -0.340. The minimum absolute atomic E-state index is 0.665. The van der Waals surface area contributed by atoms with E-state index in [-0.39, 0.29) is 0 Å². The fourth-order valence-electron chi connectivity index (χ4n) is 2.34. The third kappa shape index (κ3) is 1.86. The van der Waals surface area contributed by atoms with E-state index in [0.29, 0.717) is 5.92 Å². The SMILES string of the molecule is CC(CCN)c1csc2c1CCCC2. The maximum atomic E-state index is 5.61. The summed E-state index contributed by atoms with van der Waals surface area (Å²) in [5.74, 6) is 0.665. The molecule has 2 rings (SSSR count). The summed E-state index contributed by atoms with van der Waals surface area (Å²) in [6, 6.07) is 0. The van der Waals surface area contributed by atoms with Crippen LogP contribution in [0.1, 0.15) is 48.1 Å². The van der Waals surface area contributed by atoms with E-state index in [1.54, 1.807) is 16.0 Å². The largest absolute Gasteiger partial charge is 0.330 e.